The molecule has 0 atom stereocenters. The molecule has 0 saturated carbocycles. The summed E-state index contributed by atoms with van der Waals surface area (Å²) in [6.45, 7) is 0. The van der Waals surface area contributed by atoms with Gasteiger partial charge in [0.15, 0.2) is 5.78 Å². The van der Waals surface area contributed by atoms with Crippen LogP contribution in [0.4, 0.5) is 5.69 Å². The van der Waals surface area contributed by atoms with Crippen LogP contribution < -0.4 is 5.32 Å². The van der Waals surface area contributed by atoms with E-state index in [0.29, 0.717) is 16.8 Å². The van der Waals surface area contributed by atoms with Gasteiger partial charge in [-0.05, 0) is 30.3 Å². The van der Waals surface area contributed by atoms with Crippen LogP contribution >= 0.6 is 11.6 Å². The molecular weight excluding hydrogens is 446 g/mol. The van der Waals surface area contributed by atoms with Crippen molar-refractivity contribution in [2.24, 2.45) is 0 Å². The maximum absolute atomic E-state index is 12.9. The van der Waals surface area contributed by atoms with E-state index in [9.17, 15) is 9.59 Å². The van der Waals surface area contributed by atoms with Crippen molar-refractivity contribution in [3.8, 4) is 11.3 Å². The molecule has 6 heteroatoms. The number of fused-ring (bicyclic) bond motifs is 1. The highest BCUT2D eigenvalue weighted by molar-refractivity contribution is 6.35. The molecule has 5 rings (SSSR count). The molecular formula is C28H18ClN3O2. The summed E-state index contributed by atoms with van der Waals surface area (Å²) in [5.41, 5.74) is 4.35. The Bertz CT molecular complexity index is 1530. The predicted octanol–water partition coefficient (Wildman–Crippen LogP) is 6.43. The third-order valence-electron chi connectivity index (χ3n) is 5.45. The molecule has 0 unspecified atom stereocenters. The SMILES string of the molecule is O=C(c1ccccc1)c1ccc(C(=O)Nc2cccc(-c3ncnc4ccccc34)c2)c(Cl)c1. The fraction of sp³-hybridized carbons (Fsp3) is 0. The van der Waals surface area contributed by atoms with Crippen LogP contribution in [-0.4, -0.2) is 21.7 Å². The number of benzene rings is 4. The molecule has 1 heterocycles. The first-order valence-electron chi connectivity index (χ1n) is 10.6. The van der Waals surface area contributed by atoms with Crippen molar-refractivity contribution in [2.45, 2.75) is 0 Å². The first-order chi connectivity index (χ1) is 16.6. The zero-order valence-corrected chi connectivity index (χ0v) is 18.7. The number of amides is 1. The fourth-order valence-electron chi connectivity index (χ4n) is 3.77. The van der Waals surface area contributed by atoms with Crippen LogP contribution in [0.15, 0.2) is 103 Å². The number of rotatable bonds is 5. The molecule has 0 aliphatic heterocycles. The monoisotopic (exact) mass is 463 g/mol. The standard InChI is InChI=1S/C28H18ClN3O2/c29-24-16-20(27(33)18-7-2-1-3-8-18)13-14-22(24)28(34)32-21-10-6-9-19(15-21)26-23-11-4-5-12-25(23)30-17-31-26/h1-17H,(H,32,34). The quantitative estimate of drug-likeness (QED) is 0.305. The van der Waals surface area contributed by atoms with E-state index < -0.39 is 0 Å². The smallest absolute Gasteiger partial charge is 0.257 e. The maximum atomic E-state index is 12.9. The average molecular weight is 464 g/mol. The van der Waals surface area contributed by atoms with Crippen LogP contribution in [0.2, 0.25) is 5.02 Å². The summed E-state index contributed by atoms with van der Waals surface area (Å²) in [6.07, 6.45) is 1.53. The summed E-state index contributed by atoms with van der Waals surface area (Å²) in [4.78, 5) is 34.4. The molecule has 34 heavy (non-hydrogen) atoms. The minimum atomic E-state index is -0.367. The Morgan fingerprint density at radius 2 is 1.53 bits per heavy atom. The topological polar surface area (TPSA) is 72.0 Å². The molecule has 0 spiro atoms. The van der Waals surface area contributed by atoms with Gasteiger partial charge in [-0.3, -0.25) is 9.59 Å². The van der Waals surface area contributed by atoms with Gasteiger partial charge >= 0.3 is 0 Å². The number of halogens is 1. The van der Waals surface area contributed by atoms with Crippen LogP contribution in [0, 0.1) is 0 Å². The van der Waals surface area contributed by atoms with E-state index in [-0.39, 0.29) is 22.3 Å². The molecule has 0 saturated heterocycles. The Kier molecular flexibility index (Phi) is 5.85. The zero-order valence-electron chi connectivity index (χ0n) is 17.9. The fourth-order valence-corrected chi connectivity index (χ4v) is 4.04. The number of nitrogens with zero attached hydrogens (tertiary/aromatic N) is 2. The Hall–Kier alpha value is -4.35. The van der Waals surface area contributed by atoms with Gasteiger partial charge in [0.05, 0.1) is 21.8 Å². The molecule has 0 fully saturated rings. The van der Waals surface area contributed by atoms with Crippen molar-refractivity contribution in [1.29, 1.82) is 0 Å². The zero-order chi connectivity index (χ0) is 23.5. The van der Waals surface area contributed by atoms with Crippen LogP contribution in [0.1, 0.15) is 26.3 Å². The van der Waals surface area contributed by atoms with E-state index >= 15 is 0 Å². The first kappa shape index (κ1) is 21.5. The summed E-state index contributed by atoms with van der Waals surface area (Å²) in [5, 5.41) is 4.02. The van der Waals surface area contributed by atoms with Crippen LogP contribution in [0.5, 0.6) is 0 Å². The molecule has 0 bridgehead atoms. The number of aromatic nitrogens is 2. The highest BCUT2D eigenvalue weighted by Gasteiger charge is 2.16. The number of anilines is 1. The number of hydrogen-bond donors (Lipinski definition) is 1. The molecule has 1 amide bonds. The molecule has 5 nitrogen and oxygen atoms in total. The lowest BCUT2D eigenvalue weighted by atomic mass is 10.0. The number of nitrogens with one attached hydrogen (secondary N) is 1. The minimum absolute atomic E-state index is 0.153. The van der Waals surface area contributed by atoms with Gasteiger partial charge in [-0.15, -0.1) is 0 Å². The number of carbonyl (C=O) groups excluding carboxylic acids is 2. The molecule has 4 aromatic carbocycles. The summed E-state index contributed by atoms with van der Waals surface area (Å²) < 4.78 is 0. The summed E-state index contributed by atoms with van der Waals surface area (Å²) in [6, 6.07) is 28.8. The van der Waals surface area contributed by atoms with E-state index in [0.717, 1.165) is 22.2 Å². The molecule has 1 aromatic heterocycles. The molecule has 0 aliphatic rings. The minimum Gasteiger partial charge on any atom is -0.322 e. The van der Waals surface area contributed by atoms with Crippen molar-refractivity contribution in [3.63, 3.8) is 0 Å². The van der Waals surface area contributed by atoms with Crippen molar-refractivity contribution in [2.75, 3.05) is 5.32 Å². The van der Waals surface area contributed by atoms with E-state index in [4.69, 9.17) is 11.6 Å². The highest BCUT2D eigenvalue weighted by Crippen LogP contribution is 2.28. The second-order valence-electron chi connectivity index (χ2n) is 7.66. The second-order valence-corrected chi connectivity index (χ2v) is 8.07. The lowest BCUT2D eigenvalue weighted by Crippen LogP contribution is -2.13. The summed E-state index contributed by atoms with van der Waals surface area (Å²) in [5.74, 6) is -0.521. The van der Waals surface area contributed by atoms with Gasteiger partial charge in [0.2, 0.25) is 0 Å². The van der Waals surface area contributed by atoms with Gasteiger partial charge in [0, 0.05) is 27.8 Å². The Labute approximate surface area is 201 Å². The Morgan fingerprint density at radius 1 is 0.735 bits per heavy atom. The Balaban J connectivity index is 1.39. The molecule has 0 radical (unpaired) electrons. The molecule has 164 valence electrons. The number of hydrogen-bond acceptors (Lipinski definition) is 4. The van der Waals surface area contributed by atoms with Crippen LogP contribution in [0.25, 0.3) is 22.2 Å². The summed E-state index contributed by atoms with van der Waals surface area (Å²) in [7, 11) is 0. The third kappa shape index (κ3) is 4.29. The summed E-state index contributed by atoms with van der Waals surface area (Å²) >= 11 is 6.38. The predicted molar refractivity (Wildman–Crippen MR) is 134 cm³/mol. The number of carbonyl (C=O) groups is 2. The molecule has 1 N–H and O–H groups in total. The third-order valence-corrected chi connectivity index (χ3v) is 5.76. The van der Waals surface area contributed by atoms with Crippen molar-refractivity contribution in [1.82, 2.24) is 9.97 Å². The van der Waals surface area contributed by atoms with Crippen molar-refractivity contribution >= 4 is 39.9 Å². The van der Waals surface area contributed by atoms with Gasteiger partial charge in [0.1, 0.15) is 6.33 Å². The normalized spacial score (nSPS) is 10.7. The van der Waals surface area contributed by atoms with Crippen LogP contribution in [-0.2, 0) is 0 Å². The van der Waals surface area contributed by atoms with Gasteiger partial charge in [-0.2, -0.15) is 0 Å². The van der Waals surface area contributed by atoms with Gasteiger partial charge < -0.3 is 5.32 Å². The number of ketones is 1. The lowest BCUT2D eigenvalue weighted by molar-refractivity contribution is 0.102. The molecule has 5 aromatic rings. The lowest BCUT2D eigenvalue weighted by Gasteiger charge is -2.10. The highest BCUT2D eigenvalue weighted by atomic mass is 35.5. The number of para-hydroxylation sites is 1. The second kappa shape index (κ2) is 9.25. The first-order valence-corrected chi connectivity index (χ1v) is 11.0. The van der Waals surface area contributed by atoms with E-state index in [2.05, 4.69) is 15.3 Å². The average Bonchev–Trinajstić information content (AvgIpc) is 2.88. The van der Waals surface area contributed by atoms with Gasteiger partial charge in [-0.25, -0.2) is 9.97 Å². The largest absolute Gasteiger partial charge is 0.322 e. The van der Waals surface area contributed by atoms with Crippen molar-refractivity contribution in [3.05, 3.63) is 125 Å². The van der Waals surface area contributed by atoms with E-state index in [1.807, 2.05) is 48.5 Å². The Morgan fingerprint density at radius 3 is 2.35 bits per heavy atom. The molecule has 0 aliphatic carbocycles. The van der Waals surface area contributed by atoms with Crippen LogP contribution in [0.3, 0.4) is 0 Å². The van der Waals surface area contributed by atoms with Gasteiger partial charge in [0.25, 0.3) is 5.91 Å². The van der Waals surface area contributed by atoms with Crippen molar-refractivity contribution < 1.29 is 9.59 Å². The van der Waals surface area contributed by atoms with E-state index in [1.54, 1.807) is 42.5 Å². The van der Waals surface area contributed by atoms with E-state index in [1.165, 1.54) is 12.4 Å². The van der Waals surface area contributed by atoms with Gasteiger partial charge in [-0.1, -0.05) is 78.3 Å². The maximum Gasteiger partial charge on any atom is 0.257 e.